The average Bonchev–Trinajstić information content (AvgIpc) is 1.80. The SMILES string of the molecule is CN(CCS(=O)(=O)O)C(=O)F. The summed E-state index contributed by atoms with van der Waals surface area (Å²) in [5.74, 6) is -0.654. The molecule has 0 aromatic heterocycles. The maximum Gasteiger partial charge on any atom is 0.399 e. The summed E-state index contributed by atoms with van der Waals surface area (Å²) >= 11 is 0. The summed E-state index contributed by atoms with van der Waals surface area (Å²) in [7, 11) is -3.02. The van der Waals surface area contributed by atoms with Crippen molar-refractivity contribution in [3.05, 3.63) is 0 Å². The number of nitrogens with zero attached hydrogens (tertiary/aromatic N) is 1. The molecule has 1 amide bonds. The van der Waals surface area contributed by atoms with E-state index in [-0.39, 0.29) is 6.54 Å². The molecule has 0 radical (unpaired) electrons. The lowest BCUT2D eigenvalue weighted by Crippen LogP contribution is -2.27. The van der Waals surface area contributed by atoms with Crippen LogP contribution in [-0.2, 0) is 10.1 Å². The van der Waals surface area contributed by atoms with Crippen molar-refractivity contribution in [2.24, 2.45) is 0 Å². The van der Waals surface area contributed by atoms with Crippen molar-refractivity contribution in [3.63, 3.8) is 0 Å². The Bertz CT molecular complexity index is 236. The minimum Gasteiger partial charge on any atom is -0.317 e. The molecule has 0 rings (SSSR count). The van der Waals surface area contributed by atoms with E-state index in [2.05, 4.69) is 0 Å². The van der Waals surface area contributed by atoms with Gasteiger partial charge in [0.1, 0.15) is 0 Å². The van der Waals surface area contributed by atoms with Crippen molar-refractivity contribution in [2.75, 3.05) is 19.3 Å². The molecule has 0 aliphatic rings. The molecular weight excluding hydrogens is 177 g/mol. The summed E-state index contributed by atoms with van der Waals surface area (Å²) in [6.07, 6.45) is -1.73. The third kappa shape index (κ3) is 5.74. The fraction of sp³-hybridized carbons (Fsp3) is 0.750. The van der Waals surface area contributed by atoms with Crippen LogP contribution in [-0.4, -0.2) is 43.4 Å². The molecule has 11 heavy (non-hydrogen) atoms. The molecule has 0 spiro atoms. The fourth-order valence-electron chi connectivity index (χ4n) is 0.340. The second-order valence-electron chi connectivity index (χ2n) is 1.96. The Kier molecular flexibility index (Phi) is 3.40. The molecule has 0 unspecified atom stereocenters. The third-order valence-electron chi connectivity index (χ3n) is 0.985. The van der Waals surface area contributed by atoms with Crippen LogP contribution < -0.4 is 0 Å². The minimum atomic E-state index is -4.11. The number of rotatable bonds is 3. The van der Waals surface area contributed by atoms with Crippen LogP contribution >= 0.6 is 0 Å². The number of amides is 1. The quantitative estimate of drug-likeness (QED) is 0.378. The van der Waals surface area contributed by atoms with E-state index in [1.807, 2.05) is 0 Å². The highest BCUT2D eigenvalue weighted by molar-refractivity contribution is 7.85. The lowest BCUT2D eigenvalue weighted by Gasteiger charge is -2.09. The Balaban J connectivity index is 3.82. The van der Waals surface area contributed by atoms with Crippen molar-refractivity contribution < 1.29 is 22.2 Å². The Hall–Kier alpha value is -0.690. The van der Waals surface area contributed by atoms with Gasteiger partial charge in [0.2, 0.25) is 0 Å². The lowest BCUT2D eigenvalue weighted by molar-refractivity contribution is 0.188. The van der Waals surface area contributed by atoms with Crippen LogP contribution in [0, 0.1) is 0 Å². The van der Waals surface area contributed by atoms with Crippen LogP contribution in [0.25, 0.3) is 0 Å². The number of hydrogen-bond donors (Lipinski definition) is 1. The number of carbonyl (C=O) groups is 1. The van der Waals surface area contributed by atoms with Gasteiger partial charge in [0.15, 0.2) is 0 Å². The highest BCUT2D eigenvalue weighted by Crippen LogP contribution is 1.90. The summed E-state index contributed by atoms with van der Waals surface area (Å²) in [4.78, 5) is 10.4. The molecule has 7 heteroatoms. The third-order valence-corrected chi connectivity index (χ3v) is 1.68. The van der Waals surface area contributed by atoms with E-state index >= 15 is 0 Å². The Morgan fingerprint density at radius 2 is 2.09 bits per heavy atom. The zero-order valence-corrected chi connectivity index (χ0v) is 6.64. The standard InChI is InChI=1S/C4H8FNO4S/c1-6(4(5)7)2-3-11(8,9)10/h2-3H2,1H3,(H,8,9,10). The number of halogens is 1. The van der Waals surface area contributed by atoms with Gasteiger partial charge in [-0.1, -0.05) is 0 Å². The Morgan fingerprint density at radius 3 is 2.36 bits per heavy atom. The highest BCUT2D eigenvalue weighted by atomic mass is 32.2. The second-order valence-corrected chi connectivity index (χ2v) is 3.53. The lowest BCUT2D eigenvalue weighted by atomic mass is 10.7. The highest BCUT2D eigenvalue weighted by Gasteiger charge is 2.10. The monoisotopic (exact) mass is 185 g/mol. The van der Waals surface area contributed by atoms with Gasteiger partial charge in [0.05, 0.1) is 5.75 Å². The molecule has 0 atom stereocenters. The van der Waals surface area contributed by atoms with E-state index in [1.54, 1.807) is 0 Å². The van der Waals surface area contributed by atoms with Gasteiger partial charge in [0.25, 0.3) is 10.1 Å². The zero-order chi connectivity index (χ0) is 9.07. The van der Waals surface area contributed by atoms with Gasteiger partial charge in [-0.3, -0.25) is 4.55 Å². The average molecular weight is 185 g/mol. The van der Waals surface area contributed by atoms with Crippen molar-refractivity contribution in [3.8, 4) is 0 Å². The predicted molar refractivity (Wildman–Crippen MR) is 35.5 cm³/mol. The molecule has 0 aromatic carbocycles. The van der Waals surface area contributed by atoms with E-state index in [9.17, 15) is 17.6 Å². The van der Waals surface area contributed by atoms with Crippen molar-refractivity contribution in [1.29, 1.82) is 0 Å². The molecule has 0 bridgehead atoms. The molecule has 5 nitrogen and oxygen atoms in total. The van der Waals surface area contributed by atoms with Gasteiger partial charge in [0, 0.05) is 13.6 Å². The molecule has 0 aliphatic heterocycles. The van der Waals surface area contributed by atoms with Crippen molar-refractivity contribution in [1.82, 2.24) is 4.90 Å². The first-order valence-corrected chi connectivity index (χ1v) is 4.29. The minimum absolute atomic E-state index is 0.353. The van der Waals surface area contributed by atoms with Gasteiger partial charge >= 0.3 is 6.16 Å². The maximum atomic E-state index is 11.7. The normalized spacial score (nSPS) is 11.2. The molecule has 0 aliphatic carbocycles. The summed E-state index contributed by atoms with van der Waals surface area (Å²) in [6.45, 7) is -0.353. The van der Waals surface area contributed by atoms with Crippen LogP contribution in [0.4, 0.5) is 9.18 Å². The molecule has 0 saturated carbocycles. The zero-order valence-electron chi connectivity index (χ0n) is 5.82. The molecule has 0 aromatic rings. The van der Waals surface area contributed by atoms with Crippen molar-refractivity contribution in [2.45, 2.75) is 0 Å². The van der Waals surface area contributed by atoms with E-state index in [4.69, 9.17) is 4.55 Å². The van der Waals surface area contributed by atoms with Crippen LogP contribution in [0.15, 0.2) is 0 Å². The van der Waals surface area contributed by atoms with Gasteiger partial charge < -0.3 is 4.90 Å². The molecule has 0 heterocycles. The van der Waals surface area contributed by atoms with E-state index in [1.165, 1.54) is 0 Å². The number of hydrogen-bond acceptors (Lipinski definition) is 3. The molecule has 0 saturated heterocycles. The summed E-state index contributed by atoms with van der Waals surface area (Å²) in [5, 5.41) is 0. The van der Waals surface area contributed by atoms with Crippen molar-refractivity contribution >= 4 is 16.3 Å². The predicted octanol–water partition coefficient (Wildman–Crippen LogP) is -0.104. The maximum absolute atomic E-state index is 11.7. The topological polar surface area (TPSA) is 74.7 Å². The van der Waals surface area contributed by atoms with Gasteiger partial charge in [-0.05, 0) is 0 Å². The van der Waals surface area contributed by atoms with Gasteiger partial charge in [-0.25, -0.2) is 4.79 Å². The molecular formula is C4H8FNO4S. The smallest absolute Gasteiger partial charge is 0.317 e. The van der Waals surface area contributed by atoms with E-state index in [0.29, 0.717) is 4.90 Å². The first-order valence-electron chi connectivity index (χ1n) is 2.68. The van der Waals surface area contributed by atoms with E-state index < -0.39 is 22.0 Å². The first-order chi connectivity index (χ1) is 4.83. The van der Waals surface area contributed by atoms with Gasteiger partial charge in [-0.15, -0.1) is 4.39 Å². The van der Waals surface area contributed by atoms with Gasteiger partial charge in [-0.2, -0.15) is 8.42 Å². The fourth-order valence-corrected chi connectivity index (χ4v) is 0.845. The number of carbonyl (C=O) groups excluding carboxylic acids is 1. The molecule has 0 fully saturated rings. The summed E-state index contributed by atoms with van der Waals surface area (Å²) < 4.78 is 39.9. The molecule has 1 N–H and O–H groups in total. The Labute approximate surface area is 63.5 Å². The van der Waals surface area contributed by atoms with Crippen LogP contribution in [0.1, 0.15) is 0 Å². The second kappa shape index (κ2) is 3.63. The van der Waals surface area contributed by atoms with E-state index in [0.717, 1.165) is 7.05 Å². The largest absolute Gasteiger partial charge is 0.399 e. The summed E-state index contributed by atoms with van der Waals surface area (Å²) in [5.41, 5.74) is 0. The first kappa shape index (κ1) is 10.3. The van der Waals surface area contributed by atoms with Crippen LogP contribution in [0.3, 0.4) is 0 Å². The van der Waals surface area contributed by atoms with Crippen LogP contribution in [0.5, 0.6) is 0 Å². The van der Waals surface area contributed by atoms with Crippen LogP contribution in [0.2, 0.25) is 0 Å². The summed E-state index contributed by atoms with van der Waals surface area (Å²) in [6, 6.07) is 0. The molecule has 66 valence electrons. The Morgan fingerprint density at radius 1 is 1.64 bits per heavy atom.